The van der Waals surface area contributed by atoms with E-state index in [0.717, 1.165) is 49.7 Å². The van der Waals surface area contributed by atoms with Crippen LogP contribution < -0.4 is 9.44 Å². The van der Waals surface area contributed by atoms with Gasteiger partial charge in [0.25, 0.3) is 0 Å². The largest absolute Gasteiger partial charge is 0.241 e. The van der Waals surface area contributed by atoms with Crippen molar-refractivity contribution < 1.29 is 16.8 Å². The zero-order valence-electron chi connectivity index (χ0n) is 20.9. The molecule has 0 aromatic heterocycles. The van der Waals surface area contributed by atoms with E-state index in [1.165, 1.54) is 38.5 Å². The zero-order chi connectivity index (χ0) is 25.2. The summed E-state index contributed by atoms with van der Waals surface area (Å²) in [5.74, 6) is 1.03. The lowest BCUT2D eigenvalue weighted by atomic mass is 9.82. The van der Waals surface area contributed by atoms with Crippen LogP contribution >= 0.6 is 0 Å². The van der Waals surface area contributed by atoms with Gasteiger partial charge < -0.3 is 0 Å². The molecule has 0 unspecified atom stereocenters. The molecule has 2 aromatic carbocycles. The predicted molar refractivity (Wildman–Crippen MR) is 142 cm³/mol. The fourth-order valence-electron chi connectivity index (χ4n) is 6.55. The Kier molecular flexibility index (Phi) is 7.86. The number of benzene rings is 2. The maximum Gasteiger partial charge on any atom is 0.241 e. The first-order valence-corrected chi connectivity index (χ1v) is 16.5. The number of sulfonamides is 2. The molecule has 0 spiro atoms. The molecule has 2 N–H and O–H groups in total. The van der Waals surface area contributed by atoms with Gasteiger partial charge in [-0.3, -0.25) is 0 Å². The lowest BCUT2D eigenvalue weighted by Gasteiger charge is -2.34. The SMILES string of the molecule is O=S1(=O)N[C@@H](C2CCCCC2)Cc2ccccc21.O=S1(=O)N[C@@H](C2CCCCC2)Cc2ccccc21. The van der Waals surface area contributed by atoms with Crippen LogP contribution in [0.25, 0.3) is 0 Å². The molecule has 0 amide bonds. The lowest BCUT2D eigenvalue weighted by molar-refractivity contribution is 0.285. The predicted octanol–water partition coefficient (Wildman–Crippen LogP) is 4.94. The zero-order valence-corrected chi connectivity index (χ0v) is 22.5. The van der Waals surface area contributed by atoms with Crippen molar-refractivity contribution in [2.24, 2.45) is 11.8 Å². The van der Waals surface area contributed by atoms with Crippen LogP contribution in [0, 0.1) is 11.8 Å². The number of hydrogen-bond donors (Lipinski definition) is 2. The molecule has 2 aliphatic carbocycles. The van der Waals surface area contributed by atoms with E-state index in [9.17, 15) is 16.8 Å². The van der Waals surface area contributed by atoms with Gasteiger partial charge >= 0.3 is 0 Å². The fraction of sp³-hybridized carbons (Fsp3) is 0.571. The molecule has 2 atom stereocenters. The van der Waals surface area contributed by atoms with E-state index < -0.39 is 20.0 Å². The maximum absolute atomic E-state index is 12.2. The van der Waals surface area contributed by atoms with Crippen molar-refractivity contribution in [3.63, 3.8) is 0 Å². The van der Waals surface area contributed by atoms with Gasteiger partial charge in [-0.15, -0.1) is 0 Å². The number of nitrogens with one attached hydrogen (secondary N) is 2. The minimum absolute atomic E-state index is 0.102. The molecule has 0 bridgehead atoms. The second-order valence-corrected chi connectivity index (χ2v) is 14.2. The quantitative estimate of drug-likeness (QED) is 0.575. The maximum atomic E-state index is 12.2. The number of hydrogen-bond acceptors (Lipinski definition) is 4. The highest BCUT2D eigenvalue weighted by Gasteiger charge is 2.35. The molecule has 0 radical (unpaired) electrons. The summed E-state index contributed by atoms with van der Waals surface area (Å²) in [4.78, 5) is 0.939. The molecule has 196 valence electrons. The van der Waals surface area contributed by atoms with Crippen molar-refractivity contribution in [3.05, 3.63) is 59.7 Å². The van der Waals surface area contributed by atoms with Gasteiger partial charge in [0.05, 0.1) is 9.79 Å². The van der Waals surface area contributed by atoms with Gasteiger partial charge in [-0.1, -0.05) is 74.9 Å². The first kappa shape index (κ1) is 25.9. The number of fused-ring (bicyclic) bond motifs is 2. The Morgan fingerprint density at radius 1 is 0.528 bits per heavy atom. The lowest BCUT2D eigenvalue weighted by Crippen LogP contribution is -2.46. The Morgan fingerprint density at radius 2 is 0.889 bits per heavy atom. The first-order valence-electron chi connectivity index (χ1n) is 13.5. The molecule has 2 aliphatic heterocycles. The summed E-state index contributed by atoms with van der Waals surface area (Å²) in [5.41, 5.74) is 1.96. The third-order valence-electron chi connectivity index (χ3n) is 8.45. The van der Waals surface area contributed by atoms with Crippen LogP contribution in [0.4, 0.5) is 0 Å². The van der Waals surface area contributed by atoms with Gasteiger partial charge in [0.15, 0.2) is 0 Å². The molecule has 36 heavy (non-hydrogen) atoms. The second kappa shape index (κ2) is 10.9. The van der Waals surface area contributed by atoms with E-state index in [1.54, 1.807) is 24.3 Å². The Labute approximate surface area is 216 Å². The Hall–Kier alpha value is -1.74. The smallest absolute Gasteiger partial charge is 0.207 e. The summed E-state index contributed by atoms with van der Waals surface area (Å²) in [6, 6.07) is 14.9. The summed E-state index contributed by atoms with van der Waals surface area (Å²) >= 11 is 0. The highest BCUT2D eigenvalue weighted by Crippen LogP contribution is 2.34. The van der Waals surface area contributed by atoms with Crippen LogP contribution in [0.15, 0.2) is 58.3 Å². The fourth-order valence-corrected chi connectivity index (χ4v) is 9.66. The molecule has 8 heteroatoms. The molecular formula is C28H38N2O4S2. The minimum Gasteiger partial charge on any atom is -0.207 e. The van der Waals surface area contributed by atoms with Gasteiger partial charge in [0.1, 0.15) is 0 Å². The van der Waals surface area contributed by atoms with Crippen LogP contribution in [0.1, 0.15) is 75.3 Å². The highest BCUT2D eigenvalue weighted by molar-refractivity contribution is 7.90. The third kappa shape index (κ3) is 5.72. The van der Waals surface area contributed by atoms with Crippen LogP contribution in [-0.2, 0) is 32.9 Å². The van der Waals surface area contributed by atoms with Crippen molar-refractivity contribution in [2.45, 2.75) is 98.9 Å². The molecule has 6 nitrogen and oxygen atoms in total. The monoisotopic (exact) mass is 530 g/mol. The van der Waals surface area contributed by atoms with Crippen molar-refractivity contribution in [1.82, 2.24) is 9.44 Å². The van der Waals surface area contributed by atoms with E-state index in [2.05, 4.69) is 9.44 Å². The van der Waals surface area contributed by atoms with Gasteiger partial charge in [0.2, 0.25) is 20.0 Å². The van der Waals surface area contributed by atoms with E-state index in [4.69, 9.17) is 0 Å². The minimum atomic E-state index is -3.29. The van der Waals surface area contributed by atoms with Crippen LogP contribution in [0.2, 0.25) is 0 Å². The average Bonchev–Trinajstić information content (AvgIpc) is 2.89. The highest BCUT2D eigenvalue weighted by atomic mass is 32.2. The summed E-state index contributed by atoms with van der Waals surface area (Å²) in [7, 11) is -6.58. The van der Waals surface area contributed by atoms with Gasteiger partial charge in [-0.05, 0) is 73.6 Å². The second-order valence-electron chi connectivity index (χ2n) is 10.9. The van der Waals surface area contributed by atoms with E-state index in [-0.39, 0.29) is 12.1 Å². The number of rotatable bonds is 2. The van der Waals surface area contributed by atoms with Crippen molar-refractivity contribution in [1.29, 1.82) is 0 Å². The summed E-state index contributed by atoms with van der Waals surface area (Å²) in [5, 5.41) is 0. The summed E-state index contributed by atoms with van der Waals surface area (Å²) < 4.78 is 54.6. The normalized spacial score (nSPS) is 27.7. The Balaban J connectivity index is 0.000000148. The van der Waals surface area contributed by atoms with E-state index >= 15 is 0 Å². The van der Waals surface area contributed by atoms with E-state index in [0.29, 0.717) is 21.6 Å². The third-order valence-corrected chi connectivity index (χ3v) is 11.6. The average molecular weight is 531 g/mol. The summed E-state index contributed by atoms with van der Waals surface area (Å²) in [6.45, 7) is 0. The molecule has 2 heterocycles. The topological polar surface area (TPSA) is 92.3 Å². The first-order chi connectivity index (χ1) is 17.3. The molecule has 0 saturated heterocycles. The Bertz CT molecular complexity index is 1160. The van der Waals surface area contributed by atoms with Gasteiger partial charge in [0, 0.05) is 12.1 Å². The molecule has 6 rings (SSSR count). The van der Waals surface area contributed by atoms with Crippen LogP contribution in [0.3, 0.4) is 0 Å². The van der Waals surface area contributed by atoms with Crippen LogP contribution in [0.5, 0.6) is 0 Å². The molecular weight excluding hydrogens is 492 g/mol. The van der Waals surface area contributed by atoms with Crippen molar-refractivity contribution >= 4 is 20.0 Å². The standard InChI is InChI=1S/2C14H19NO2S/c2*16-18(17)14-9-5-4-8-12(14)10-13(15-18)11-6-2-1-3-7-11/h2*4-5,8-9,11,13,15H,1-3,6-7,10H2/t2*13-/m11/s1. The van der Waals surface area contributed by atoms with Crippen molar-refractivity contribution in [2.75, 3.05) is 0 Å². The molecule has 4 aliphatic rings. The molecule has 2 fully saturated rings. The van der Waals surface area contributed by atoms with Gasteiger partial charge in [-0.25, -0.2) is 26.3 Å². The summed E-state index contributed by atoms with van der Waals surface area (Å²) in [6.07, 6.45) is 13.9. The van der Waals surface area contributed by atoms with Crippen molar-refractivity contribution in [3.8, 4) is 0 Å². The van der Waals surface area contributed by atoms with Gasteiger partial charge in [-0.2, -0.15) is 0 Å². The molecule has 2 aromatic rings. The Morgan fingerprint density at radius 3 is 1.28 bits per heavy atom. The molecule has 2 saturated carbocycles. The van der Waals surface area contributed by atoms with Crippen LogP contribution in [-0.4, -0.2) is 28.9 Å². The van der Waals surface area contributed by atoms with E-state index in [1.807, 2.05) is 24.3 Å².